The minimum Gasteiger partial charge on any atom is -0.480 e. The Labute approximate surface area is 115 Å². The average Bonchev–Trinajstić information content (AvgIpc) is 2.18. The molecule has 0 fully saturated rings. The van der Waals surface area contributed by atoms with Gasteiger partial charge in [-0.05, 0) is 19.4 Å². The molecule has 1 unspecified atom stereocenters. The SMILES string of the molecule is NC(CCCCN(CP(=O)(O)O)CP(=O)(O)O)C(=O)O. The van der Waals surface area contributed by atoms with E-state index in [0.717, 1.165) is 4.90 Å². The van der Waals surface area contributed by atoms with E-state index in [1.807, 2.05) is 0 Å². The minimum absolute atomic E-state index is 0.0303. The summed E-state index contributed by atoms with van der Waals surface area (Å²) in [5, 5.41) is 8.55. The van der Waals surface area contributed by atoms with Gasteiger partial charge in [-0.25, -0.2) is 0 Å². The van der Waals surface area contributed by atoms with Crippen molar-refractivity contribution in [2.75, 3.05) is 19.1 Å². The molecule has 0 rings (SSSR count). The lowest BCUT2D eigenvalue weighted by Gasteiger charge is -2.22. The number of nitrogens with two attached hydrogens (primary N) is 1. The fourth-order valence-electron chi connectivity index (χ4n) is 1.53. The van der Waals surface area contributed by atoms with E-state index in [1.165, 1.54) is 0 Å². The van der Waals surface area contributed by atoms with Crippen LogP contribution in [-0.4, -0.2) is 60.7 Å². The molecule has 0 aromatic heterocycles. The molecule has 0 aliphatic carbocycles. The molecule has 0 bridgehead atoms. The van der Waals surface area contributed by atoms with Crippen LogP contribution in [-0.2, 0) is 13.9 Å². The van der Waals surface area contributed by atoms with Gasteiger partial charge in [0.2, 0.25) is 0 Å². The van der Waals surface area contributed by atoms with Gasteiger partial charge in [0.05, 0.1) is 0 Å². The van der Waals surface area contributed by atoms with E-state index in [9.17, 15) is 13.9 Å². The van der Waals surface area contributed by atoms with Crippen molar-refractivity contribution in [1.29, 1.82) is 0 Å². The maximum atomic E-state index is 10.9. The third-order valence-corrected chi connectivity index (χ3v) is 3.86. The first kappa shape index (κ1) is 19.7. The molecular weight excluding hydrogens is 314 g/mol. The van der Waals surface area contributed by atoms with E-state index < -0.39 is 39.8 Å². The Morgan fingerprint density at radius 1 is 1.05 bits per heavy atom. The summed E-state index contributed by atoms with van der Waals surface area (Å²) in [6, 6.07) is -1.02. The number of nitrogens with zero attached hydrogens (tertiary/aromatic N) is 1. The highest BCUT2D eigenvalue weighted by Crippen LogP contribution is 2.40. The van der Waals surface area contributed by atoms with Gasteiger partial charge in [-0.3, -0.25) is 18.8 Å². The highest BCUT2D eigenvalue weighted by molar-refractivity contribution is 7.52. The van der Waals surface area contributed by atoms with Crippen molar-refractivity contribution in [3.63, 3.8) is 0 Å². The summed E-state index contributed by atoms with van der Waals surface area (Å²) in [5.74, 6) is -1.15. The molecule has 12 heteroatoms. The van der Waals surface area contributed by atoms with Gasteiger partial charge >= 0.3 is 21.2 Å². The van der Waals surface area contributed by atoms with Crippen molar-refractivity contribution in [2.45, 2.75) is 25.3 Å². The fraction of sp³-hybridized carbons (Fsp3) is 0.875. The van der Waals surface area contributed by atoms with Crippen LogP contribution in [0.25, 0.3) is 0 Å². The fourth-order valence-corrected chi connectivity index (χ4v) is 3.21. The van der Waals surface area contributed by atoms with E-state index in [4.69, 9.17) is 30.4 Å². The summed E-state index contributed by atoms with van der Waals surface area (Å²) in [7, 11) is -8.86. The molecule has 0 heterocycles. The van der Waals surface area contributed by atoms with E-state index in [-0.39, 0.29) is 13.0 Å². The van der Waals surface area contributed by atoms with E-state index in [1.54, 1.807) is 0 Å². The van der Waals surface area contributed by atoms with Crippen LogP contribution < -0.4 is 5.73 Å². The highest BCUT2D eigenvalue weighted by Gasteiger charge is 2.25. The summed E-state index contributed by atoms with van der Waals surface area (Å²) in [5.41, 5.74) is 5.27. The van der Waals surface area contributed by atoms with Crippen LogP contribution in [0.3, 0.4) is 0 Å². The monoisotopic (exact) mass is 334 g/mol. The van der Waals surface area contributed by atoms with E-state index in [2.05, 4.69) is 0 Å². The van der Waals surface area contributed by atoms with Gasteiger partial charge < -0.3 is 30.4 Å². The van der Waals surface area contributed by atoms with Gasteiger partial charge in [0.25, 0.3) is 0 Å². The van der Waals surface area contributed by atoms with Crippen molar-refractivity contribution in [1.82, 2.24) is 4.90 Å². The molecule has 0 spiro atoms. The Balaban J connectivity index is 4.27. The van der Waals surface area contributed by atoms with Gasteiger partial charge in [0.1, 0.15) is 18.6 Å². The quantitative estimate of drug-likeness (QED) is 0.217. The summed E-state index contributed by atoms with van der Waals surface area (Å²) in [6.07, 6.45) is -0.658. The van der Waals surface area contributed by atoms with Crippen LogP contribution in [0.5, 0.6) is 0 Å². The zero-order valence-electron chi connectivity index (χ0n) is 10.7. The molecule has 7 N–H and O–H groups in total. The number of rotatable bonds is 10. The van der Waals surface area contributed by atoms with Gasteiger partial charge in [0.15, 0.2) is 0 Å². The molecule has 0 radical (unpaired) electrons. The second kappa shape index (κ2) is 8.21. The Morgan fingerprint density at radius 2 is 1.50 bits per heavy atom. The van der Waals surface area contributed by atoms with Gasteiger partial charge in [-0.15, -0.1) is 0 Å². The van der Waals surface area contributed by atoms with Crippen molar-refractivity contribution >= 4 is 21.2 Å². The van der Waals surface area contributed by atoms with Crippen molar-refractivity contribution in [3.8, 4) is 0 Å². The molecule has 0 saturated heterocycles. The standard InChI is InChI=1S/C8H20N2O8P2/c9-7(8(11)12)3-1-2-4-10(5-19(13,14)15)6-20(16,17)18/h7H,1-6,9H2,(H,11,12)(H2,13,14,15)(H2,16,17,18). The number of carbonyl (C=O) groups is 1. The number of unbranched alkanes of at least 4 members (excludes halogenated alkanes) is 1. The predicted octanol–water partition coefficient (Wildman–Crippen LogP) is -0.859. The molecule has 20 heavy (non-hydrogen) atoms. The van der Waals surface area contributed by atoms with Crippen LogP contribution in [0.15, 0.2) is 0 Å². The normalized spacial score (nSPS) is 14.5. The van der Waals surface area contributed by atoms with E-state index in [0.29, 0.717) is 12.8 Å². The zero-order chi connectivity index (χ0) is 16.0. The molecular formula is C8H20N2O8P2. The van der Waals surface area contributed by atoms with Gasteiger partial charge in [0, 0.05) is 0 Å². The molecule has 0 aliphatic rings. The molecule has 1 atom stereocenters. The lowest BCUT2D eigenvalue weighted by molar-refractivity contribution is -0.138. The maximum absolute atomic E-state index is 10.9. The number of carboxylic acid groups (broad SMARTS) is 1. The second-order valence-electron chi connectivity index (χ2n) is 4.45. The van der Waals surface area contributed by atoms with Crippen molar-refractivity contribution < 1.29 is 38.6 Å². The summed E-state index contributed by atoms with van der Waals surface area (Å²) >= 11 is 0. The molecule has 0 aromatic rings. The van der Waals surface area contributed by atoms with Gasteiger partial charge in [-0.1, -0.05) is 6.42 Å². The summed E-state index contributed by atoms with van der Waals surface area (Å²) in [4.78, 5) is 46.7. The average molecular weight is 334 g/mol. The van der Waals surface area contributed by atoms with Crippen LogP contribution in [0.2, 0.25) is 0 Å². The summed E-state index contributed by atoms with van der Waals surface area (Å²) < 4.78 is 21.7. The second-order valence-corrected chi connectivity index (χ2v) is 7.67. The van der Waals surface area contributed by atoms with Crippen LogP contribution >= 0.6 is 15.2 Å². The third kappa shape index (κ3) is 11.5. The van der Waals surface area contributed by atoms with Crippen LogP contribution in [0.4, 0.5) is 0 Å². The molecule has 120 valence electrons. The first-order valence-electron chi connectivity index (χ1n) is 5.70. The van der Waals surface area contributed by atoms with Crippen LogP contribution in [0.1, 0.15) is 19.3 Å². The molecule has 0 aliphatic heterocycles. The molecule has 0 amide bonds. The number of hydrogen-bond donors (Lipinski definition) is 6. The van der Waals surface area contributed by atoms with Crippen LogP contribution in [0, 0.1) is 0 Å². The molecule has 0 saturated carbocycles. The number of hydrogen-bond acceptors (Lipinski definition) is 5. The molecule has 0 aromatic carbocycles. The first-order chi connectivity index (χ1) is 8.91. The Bertz CT molecular complexity index is 381. The predicted molar refractivity (Wildman–Crippen MR) is 70.0 cm³/mol. The lowest BCUT2D eigenvalue weighted by atomic mass is 10.1. The summed E-state index contributed by atoms with van der Waals surface area (Å²) in [6.45, 7) is 0.0303. The highest BCUT2D eigenvalue weighted by atomic mass is 31.2. The Kier molecular flexibility index (Phi) is 8.08. The lowest BCUT2D eigenvalue weighted by Crippen LogP contribution is -2.31. The Morgan fingerprint density at radius 3 is 1.85 bits per heavy atom. The maximum Gasteiger partial charge on any atom is 0.339 e. The smallest absolute Gasteiger partial charge is 0.339 e. The Hall–Kier alpha value is -0.310. The van der Waals surface area contributed by atoms with Crippen molar-refractivity contribution in [3.05, 3.63) is 0 Å². The largest absolute Gasteiger partial charge is 0.480 e. The van der Waals surface area contributed by atoms with E-state index >= 15 is 0 Å². The topological polar surface area (TPSA) is 182 Å². The van der Waals surface area contributed by atoms with Crippen molar-refractivity contribution in [2.24, 2.45) is 5.73 Å². The minimum atomic E-state index is -4.43. The zero-order valence-corrected chi connectivity index (χ0v) is 12.5. The third-order valence-electron chi connectivity index (χ3n) is 2.33. The number of carboxylic acids is 1. The first-order valence-corrected chi connectivity index (χ1v) is 9.30. The van der Waals surface area contributed by atoms with Gasteiger partial charge in [-0.2, -0.15) is 0 Å². The molecule has 10 nitrogen and oxygen atoms in total. The number of aliphatic carboxylic acids is 1.